The number of carbonyl (C=O) groups excluding carboxylic acids is 2. The van der Waals surface area contributed by atoms with Gasteiger partial charge in [-0.3, -0.25) is 9.36 Å². The Morgan fingerprint density at radius 3 is 2.16 bits per heavy atom. The lowest BCUT2D eigenvalue weighted by molar-refractivity contribution is -0.862. The van der Waals surface area contributed by atoms with Crippen LogP contribution in [0, 0.1) is 19.4 Å². The monoisotopic (exact) mass is 805 g/mol. The van der Waals surface area contributed by atoms with Crippen molar-refractivity contribution in [3.05, 3.63) is 124 Å². The highest BCUT2D eigenvalue weighted by atomic mass is 32.2. The van der Waals surface area contributed by atoms with Gasteiger partial charge in [-0.15, -0.1) is 0 Å². The van der Waals surface area contributed by atoms with E-state index in [0.717, 1.165) is 34.1 Å². The van der Waals surface area contributed by atoms with Crippen LogP contribution in [-0.2, 0) is 21.1 Å². The molecule has 3 aromatic carbocycles. The zero-order valence-electron chi connectivity index (χ0n) is 31.7. The van der Waals surface area contributed by atoms with Crippen LogP contribution in [0.25, 0.3) is 27.6 Å². The number of aromatic nitrogens is 4. The second kappa shape index (κ2) is 17.1. The Labute approximate surface area is 328 Å². The van der Waals surface area contributed by atoms with Gasteiger partial charge < -0.3 is 14.4 Å². The third-order valence-corrected chi connectivity index (χ3v) is 10.3. The summed E-state index contributed by atoms with van der Waals surface area (Å²) in [4.78, 5) is 43.8. The summed E-state index contributed by atoms with van der Waals surface area (Å²) < 4.78 is 75.9. The molecular formula is C40H42F3N7O6S. The van der Waals surface area contributed by atoms with E-state index in [9.17, 15) is 40.5 Å². The summed E-state index contributed by atoms with van der Waals surface area (Å²) in [5, 5.41) is 7.37. The van der Waals surface area contributed by atoms with Crippen LogP contribution in [0.2, 0.25) is 0 Å². The van der Waals surface area contributed by atoms with Crippen molar-refractivity contribution in [3.63, 3.8) is 0 Å². The molecule has 6 rings (SSSR count). The fourth-order valence-corrected chi connectivity index (χ4v) is 7.32. The van der Waals surface area contributed by atoms with Gasteiger partial charge >= 0.3 is 17.9 Å². The Balaban J connectivity index is 0.000000540. The number of likely N-dealkylation sites (N-methyl/N-ethyl adjacent to an activating group) is 1. The van der Waals surface area contributed by atoms with Crippen LogP contribution < -0.4 is 11.0 Å². The average Bonchev–Trinajstić information content (AvgIpc) is 3.73. The number of halogens is 3. The van der Waals surface area contributed by atoms with Crippen LogP contribution in [0.15, 0.2) is 101 Å². The van der Waals surface area contributed by atoms with Gasteiger partial charge in [-0.1, -0.05) is 36.4 Å². The number of hydrogen-bond acceptors (Lipinski definition) is 7. The van der Waals surface area contributed by atoms with Crippen LogP contribution in [-0.4, -0.2) is 81.9 Å². The minimum atomic E-state index is -4.64. The summed E-state index contributed by atoms with van der Waals surface area (Å²) in [6.07, 6.45) is 0.0719. The van der Waals surface area contributed by atoms with Gasteiger partial charge in [0.25, 0.3) is 0 Å². The maximum absolute atomic E-state index is 14.1. The third kappa shape index (κ3) is 10.5. The fraction of sp³-hybridized carbons (Fsp3) is 0.325. The van der Waals surface area contributed by atoms with Crippen molar-refractivity contribution in [3.8, 4) is 22.8 Å². The molecule has 1 N–H and O–H groups in total. The first-order valence-electron chi connectivity index (χ1n) is 17.9. The van der Waals surface area contributed by atoms with Crippen molar-refractivity contribution < 1.29 is 40.2 Å². The molecule has 2 heterocycles. The van der Waals surface area contributed by atoms with Crippen molar-refractivity contribution in [2.24, 2.45) is 5.92 Å². The molecule has 57 heavy (non-hydrogen) atoms. The van der Waals surface area contributed by atoms with E-state index >= 15 is 0 Å². The van der Waals surface area contributed by atoms with Crippen LogP contribution in [0.5, 0.6) is 0 Å². The van der Waals surface area contributed by atoms with E-state index in [-0.39, 0.29) is 39.7 Å². The van der Waals surface area contributed by atoms with E-state index < -0.39 is 33.6 Å². The fourth-order valence-electron chi connectivity index (χ4n) is 6.83. The smallest absolute Gasteiger partial charge is 0.416 e. The Kier molecular flexibility index (Phi) is 12.7. The van der Waals surface area contributed by atoms with Crippen molar-refractivity contribution in [2.45, 2.75) is 56.1 Å². The molecule has 0 unspecified atom stereocenters. The van der Waals surface area contributed by atoms with Gasteiger partial charge in [0.05, 0.1) is 67.1 Å². The van der Waals surface area contributed by atoms with Crippen molar-refractivity contribution in [1.82, 2.24) is 24.2 Å². The minimum Gasteiger partial charge on any atom is -0.744 e. The molecule has 5 aromatic rings. The summed E-state index contributed by atoms with van der Waals surface area (Å²) in [7, 11) is 1.67. The van der Waals surface area contributed by atoms with Gasteiger partial charge in [0.15, 0.2) is 11.5 Å². The standard InChI is InChI=1S/C34H36F3N7O3.C6H6O3S/c1-22-31(30-17-18-39-43(30)27-15-13-25(38-2)14-16-27)42(33(47)41(22)28-8-6-7-24(20-28)34(35,36)37)32(46)40-26-11-9-23(10-12-26)19-29(45)21-44(3,4)5;7-10(8,9)6-4-2-1-3-5-6/h6-8,13-18,20,23,26H,9-12,19,21H2,1,3-5H3;1-5H,(H,7,8,9). The Hall–Kier alpha value is -5.83. The lowest BCUT2D eigenvalue weighted by Crippen LogP contribution is -2.44. The number of carbonyl (C=O) groups is 2. The van der Waals surface area contributed by atoms with E-state index in [4.69, 9.17) is 6.57 Å². The molecule has 1 fully saturated rings. The van der Waals surface area contributed by atoms with Crippen molar-refractivity contribution >= 4 is 27.6 Å². The molecule has 1 aliphatic rings. The Morgan fingerprint density at radius 2 is 1.60 bits per heavy atom. The van der Waals surface area contributed by atoms with Crippen LogP contribution >= 0.6 is 0 Å². The number of imidazole rings is 1. The number of nitrogens with zero attached hydrogens (tertiary/aromatic N) is 6. The average molecular weight is 806 g/mol. The highest BCUT2D eigenvalue weighted by Gasteiger charge is 2.33. The summed E-state index contributed by atoms with van der Waals surface area (Å²) in [6, 6.07) is 18.8. The lowest BCUT2D eigenvalue weighted by Gasteiger charge is -2.30. The molecule has 0 saturated heterocycles. The van der Waals surface area contributed by atoms with Crippen LogP contribution in [0.3, 0.4) is 0 Å². The highest BCUT2D eigenvalue weighted by Crippen LogP contribution is 2.33. The zero-order chi connectivity index (χ0) is 41.7. The molecule has 1 aliphatic carbocycles. The number of nitrogens with one attached hydrogen (secondary N) is 1. The van der Waals surface area contributed by atoms with Crippen molar-refractivity contribution in [1.29, 1.82) is 0 Å². The maximum atomic E-state index is 14.1. The maximum Gasteiger partial charge on any atom is 0.416 e. The van der Waals surface area contributed by atoms with E-state index in [1.165, 1.54) is 47.3 Å². The van der Waals surface area contributed by atoms with E-state index in [2.05, 4.69) is 15.3 Å². The zero-order valence-corrected chi connectivity index (χ0v) is 32.5. The quantitative estimate of drug-likeness (QED) is 0.0984. The van der Waals surface area contributed by atoms with Crippen molar-refractivity contribution in [2.75, 3.05) is 27.7 Å². The van der Waals surface area contributed by atoms with Gasteiger partial charge in [0.2, 0.25) is 0 Å². The Bertz CT molecular complexity index is 2440. The SMILES string of the molecule is O=S(=O)([O-])c1ccccc1.[C-]#[N+]c1ccc(-n2nccc2-c2c(C)n(-c3cccc(C(F)(F)F)c3)c(=O)n2C(=O)NC2CCC(CC(=O)C[N+](C)(C)C)CC2)cc1. The molecule has 1 amide bonds. The summed E-state index contributed by atoms with van der Waals surface area (Å²) >= 11 is 0. The number of rotatable bonds is 9. The second-order valence-corrected chi connectivity index (χ2v) is 16.2. The van der Waals surface area contributed by atoms with E-state index in [0.29, 0.717) is 47.4 Å². The molecular weight excluding hydrogens is 764 g/mol. The first kappa shape index (κ1) is 42.3. The normalized spacial score (nSPS) is 15.9. The molecule has 0 radical (unpaired) electrons. The number of Topliss-reactive ketones (excluding diaryl/α,β-unsaturated/α-hetero) is 1. The predicted molar refractivity (Wildman–Crippen MR) is 205 cm³/mol. The number of ketones is 1. The molecule has 13 nitrogen and oxygen atoms in total. The van der Waals surface area contributed by atoms with Crippen LogP contribution in [0.4, 0.5) is 23.7 Å². The van der Waals surface area contributed by atoms with Gasteiger partial charge in [0.1, 0.15) is 22.4 Å². The number of hydrogen-bond donors (Lipinski definition) is 1. The molecule has 0 bridgehead atoms. The molecule has 2 aromatic heterocycles. The Morgan fingerprint density at radius 1 is 0.947 bits per heavy atom. The predicted octanol–water partition coefficient (Wildman–Crippen LogP) is 6.74. The minimum absolute atomic E-state index is 0.0401. The lowest BCUT2D eigenvalue weighted by atomic mass is 9.83. The van der Waals surface area contributed by atoms with Gasteiger partial charge in [0, 0.05) is 12.5 Å². The van der Waals surface area contributed by atoms with Gasteiger partial charge in [-0.25, -0.2) is 32.1 Å². The highest BCUT2D eigenvalue weighted by molar-refractivity contribution is 7.85. The van der Waals surface area contributed by atoms with E-state index in [1.807, 2.05) is 21.1 Å². The third-order valence-electron chi connectivity index (χ3n) is 9.40. The first-order chi connectivity index (χ1) is 26.8. The largest absolute Gasteiger partial charge is 0.744 e. The molecule has 1 saturated carbocycles. The number of alkyl halides is 3. The number of quaternary nitrogens is 1. The number of benzene rings is 3. The first-order valence-corrected chi connectivity index (χ1v) is 19.4. The second-order valence-electron chi connectivity index (χ2n) is 14.8. The molecule has 300 valence electrons. The number of amides is 1. The van der Waals surface area contributed by atoms with E-state index in [1.54, 1.807) is 43.3 Å². The topological polar surface area (TPSA) is 152 Å². The molecule has 0 atom stereocenters. The molecule has 0 spiro atoms. The summed E-state index contributed by atoms with van der Waals surface area (Å²) in [6.45, 7) is 9.26. The summed E-state index contributed by atoms with van der Waals surface area (Å²) in [5.41, 5.74) is -0.0668. The van der Waals surface area contributed by atoms with Gasteiger partial charge in [-0.2, -0.15) is 18.3 Å². The molecule has 0 aliphatic heterocycles. The molecule has 17 heteroatoms. The van der Waals surface area contributed by atoms with Gasteiger partial charge in [-0.05, 0) is 87.1 Å². The van der Waals surface area contributed by atoms with Crippen LogP contribution in [0.1, 0.15) is 43.4 Å². The summed E-state index contributed by atoms with van der Waals surface area (Å²) in [5.74, 6) is 0.418.